The van der Waals surface area contributed by atoms with Crippen LogP contribution in [0.1, 0.15) is 38.5 Å². The summed E-state index contributed by atoms with van der Waals surface area (Å²) in [5.41, 5.74) is 0.792. The summed E-state index contributed by atoms with van der Waals surface area (Å²) in [4.78, 5) is 10.2. The zero-order valence-electron chi connectivity index (χ0n) is 13.1. The molecule has 23 heavy (non-hydrogen) atoms. The van der Waals surface area contributed by atoms with E-state index in [0.717, 1.165) is 25.3 Å². The van der Waals surface area contributed by atoms with E-state index in [2.05, 4.69) is 10.6 Å². The maximum absolute atomic E-state index is 10.6. The fraction of sp³-hybridized carbons (Fsp3) is 0.562. The number of hydrogen-bond acceptors (Lipinski definition) is 4. The summed E-state index contributed by atoms with van der Waals surface area (Å²) in [7, 11) is 0. The predicted molar refractivity (Wildman–Crippen MR) is 94.8 cm³/mol. The van der Waals surface area contributed by atoms with Crippen molar-refractivity contribution in [3.63, 3.8) is 0 Å². The summed E-state index contributed by atoms with van der Waals surface area (Å²) in [5.74, 6) is 0. The van der Waals surface area contributed by atoms with Crippen molar-refractivity contribution in [3.05, 3.63) is 34.4 Å². The Morgan fingerprint density at radius 2 is 1.96 bits per heavy atom. The van der Waals surface area contributed by atoms with E-state index in [1.807, 2.05) is 0 Å². The Bertz CT molecular complexity index is 516. The number of nitro groups is 1. The monoisotopic (exact) mass is 337 g/mol. The van der Waals surface area contributed by atoms with Crippen LogP contribution in [0, 0.1) is 10.1 Å². The average Bonchev–Trinajstić information content (AvgIpc) is 2.56. The van der Waals surface area contributed by atoms with Gasteiger partial charge in [-0.3, -0.25) is 10.1 Å². The molecule has 126 valence electrons. The van der Waals surface area contributed by atoms with Gasteiger partial charge in [-0.05, 0) is 43.6 Å². The van der Waals surface area contributed by atoms with Gasteiger partial charge in [0.15, 0.2) is 5.11 Å². The normalized spacial score (nSPS) is 15.1. The zero-order valence-corrected chi connectivity index (χ0v) is 13.9. The van der Waals surface area contributed by atoms with Gasteiger partial charge in [0.1, 0.15) is 0 Å². The van der Waals surface area contributed by atoms with Crippen LogP contribution in [0.4, 0.5) is 11.4 Å². The first-order valence-corrected chi connectivity index (χ1v) is 8.47. The lowest BCUT2D eigenvalue weighted by Crippen LogP contribution is -2.30. The number of benzene rings is 1. The Morgan fingerprint density at radius 1 is 1.26 bits per heavy atom. The summed E-state index contributed by atoms with van der Waals surface area (Å²) < 4.78 is 5.85. The van der Waals surface area contributed by atoms with E-state index in [9.17, 15) is 10.1 Å². The van der Waals surface area contributed by atoms with Crippen LogP contribution in [0.5, 0.6) is 0 Å². The largest absolute Gasteiger partial charge is 0.378 e. The Balaban J connectivity index is 1.58. The zero-order chi connectivity index (χ0) is 16.5. The molecule has 1 aromatic carbocycles. The van der Waals surface area contributed by atoms with Crippen molar-refractivity contribution in [1.29, 1.82) is 0 Å². The van der Waals surface area contributed by atoms with Crippen LogP contribution < -0.4 is 10.6 Å². The molecule has 0 heterocycles. The summed E-state index contributed by atoms with van der Waals surface area (Å²) in [5, 5.41) is 17.2. The second kappa shape index (κ2) is 9.42. The van der Waals surface area contributed by atoms with E-state index >= 15 is 0 Å². The van der Waals surface area contributed by atoms with Gasteiger partial charge >= 0.3 is 0 Å². The van der Waals surface area contributed by atoms with Gasteiger partial charge in [-0.1, -0.05) is 19.3 Å². The molecule has 0 aromatic heterocycles. The van der Waals surface area contributed by atoms with Gasteiger partial charge in [0.2, 0.25) is 0 Å². The molecule has 1 aliphatic rings. The van der Waals surface area contributed by atoms with Crippen molar-refractivity contribution in [1.82, 2.24) is 5.32 Å². The summed E-state index contributed by atoms with van der Waals surface area (Å²) >= 11 is 5.20. The summed E-state index contributed by atoms with van der Waals surface area (Å²) in [6.45, 7) is 1.49. The molecule has 1 saturated carbocycles. The molecule has 0 spiro atoms. The molecule has 0 radical (unpaired) electrons. The third kappa shape index (κ3) is 6.50. The van der Waals surface area contributed by atoms with Crippen LogP contribution in [0.3, 0.4) is 0 Å². The summed E-state index contributed by atoms with van der Waals surface area (Å²) in [6, 6.07) is 6.17. The van der Waals surface area contributed by atoms with Gasteiger partial charge < -0.3 is 15.4 Å². The third-order valence-corrected chi connectivity index (χ3v) is 4.09. The first kappa shape index (κ1) is 17.6. The van der Waals surface area contributed by atoms with Crippen LogP contribution in [0.2, 0.25) is 0 Å². The number of nitro benzene ring substituents is 1. The lowest BCUT2D eigenvalue weighted by atomic mass is 9.98. The topological polar surface area (TPSA) is 76.4 Å². The lowest BCUT2D eigenvalue weighted by Gasteiger charge is -2.22. The molecule has 1 aromatic rings. The molecule has 1 aliphatic carbocycles. The van der Waals surface area contributed by atoms with Gasteiger partial charge in [0, 0.05) is 31.0 Å². The number of hydrogen-bond donors (Lipinski definition) is 2. The van der Waals surface area contributed by atoms with Crippen LogP contribution in [-0.4, -0.2) is 29.3 Å². The Morgan fingerprint density at radius 3 is 2.61 bits per heavy atom. The third-order valence-electron chi connectivity index (χ3n) is 3.85. The molecule has 1 fully saturated rings. The van der Waals surface area contributed by atoms with Crippen LogP contribution >= 0.6 is 12.2 Å². The van der Waals surface area contributed by atoms with Gasteiger partial charge in [-0.2, -0.15) is 0 Å². The van der Waals surface area contributed by atoms with E-state index in [0.29, 0.717) is 11.2 Å². The minimum Gasteiger partial charge on any atom is -0.378 e. The van der Waals surface area contributed by atoms with Gasteiger partial charge in [0.05, 0.1) is 11.0 Å². The number of thiocarbonyl (C=S) groups is 1. The Labute approximate surface area is 141 Å². The number of nitrogens with zero attached hydrogens (tertiary/aromatic N) is 1. The highest BCUT2D eigenvalue weighted by atomic mass is 32.1. The van der Waals surface area contributed by atoms with E-state index in [1.54, 1.807) is 12.1 Å². The van der Waals surface area contributed by atoms with Gasteiger partial charge in [0.25, 0.3) is 5.69 Å². The molecule has 0 atom stereocenters. The highest BCUT2D eigenvalue weighted by Crippen LogP contribution is 2.20. The van der Waals surface area contributed by atoms with Crippen molar-refractivity contribution < 1.29 is 9.66 Å². The van der Waals surface area contributed by atoms with Crippen molar-refractivity contribution in [2.45, 2.75) is 44.6 Å². The van der Waals surface area contributed by atoms with Crippen molar-refractivity contribution in [3.8, 4) is 0 Å². The van der Waals surface area contributed by atoms with E-state index in [-0.39, 0.29) is 5.69 Å². The first-order chi connectivity index (χ1) is 11.1. The number of ether oxygens (including phenoxy) is 1. The van der Waals surface area contributed by atoms with Crippen LogP contribution in [-0.2, 0) is 4.74 Å². The van der Waals surface area contributed by atoms with E-state index in [1.165, 1.54) is 44.2 Å². The quantitative estimate of drug-likeness (QED) is 0.342. The number of anilines is 1. The smallest absolute Gasteiger partial charge is 0.269 e. The maximum Gasteiger partial charge on any atom is 0.269 e. The Hall–Kier alpha value is -1.73. The number of rotatable bonds is 7. The van der Waals surface area contributed by atoms with Crippen molar-refractivity contribution in [2.24, 2.45) is 0 Å². The van der Waals surface area contributed by atoms with Crippen LogP contribution in [0.25, 0.3) is 0 Å². The highest BCUT2D eigenvalue weighted by Gasteiger charge is 2.12. The van der Waals surface area contributed by atoms with Crippen molar-refractivity contribution in [2.75, 3.05) is 18.5 Å². The van der Waals surface area contributed by atoms with E-state index < -0.39 is 4.92 Å². The molecule has 2 rings (SSSR count). The Kier molecular flexibility index (Phi) is 7.22. The van der Waals surface area contributed by atoms with Crippen LogP contribution in [0.15, 0.2) is 24.3 Å². The molecular formula is C16H23N3O3S. The fourth-order valence-electron chi connectivity index (χ4n) is 2.60. The van der Waals surface area contributed by atoms with Gasteiger partial charge in [-0.25, -0.2) is 0 Å². The molecule has 6 nitrogen and oxygen atoms in total. The minimum absolute atomic E-state index is 0.0642. The van der Waals surface area contributed by atoms with Gasteiger partial charge in [-0.15, -0.1) is 0 Å². The number of non-ortho nitro benzene ring substituents is 1. The van der Waals surface area contributed by atoms with Crippen molar-refractivity contribution >= 4 is 28.7 Å². The highest BCUT2D eigenvalue weighted by molar-refractivity contribution is 7.80. The standard InChI is InChI=1S/C16H23N3O3S/c20-19(21)14-9-7-13(8-10-14)18-16(23)17-11-4-12-22-15-5-2-1-3-6-15/h7-10,15H,1-6,11-12H2,(H2,17,18,23). The molecule has 0 amide bonds. The second-order valence-corrected chi connectivity index (χ2v) is 6.08. The second-order valence-electron chi connectivity index (χ2n) is 5.67. The fourth-order valence-corrected chi connectivity index (χ4v) is 2.82. The minimum atomic E-state index is -0.424. The molecular weight excluding hydrogens is 314 g/mol. The summed E-state index contributed by atoms with van der Waals surface area (Å²) in [6.07, 6.45) is 7.62. The molecule has 0 unspecified atom stereocenters. The van der Waals surface area contributed by atoms with E-state index in [4.69, 9.17) is 17.0 Å². The number of nitrogens with one attached hydrogen (secondary N) is 2. The lowest BCUT2D eigenvalue weighted by molar-refractivity contribution is -0.384. The molecule has 7 heteroatoms. The molecule has 2 N–H and O–H groups in total. The molecule has 0 aliphatic heterocycles. The molecule has 0 saturated heterocycles. The first-order valence-electron chi connectivity index (χ1n) is 8.06. The maximum atomic E-state index is 10.6. The average molecular weight is 337 g/mol. The predicted octanol–water partition coefficient (Wildman–Crippen LogP) is 3.62. The molecule has 0 bridgehead atoms. The SMILES string of the molecule is O=[N+]([O-])c1ccc(NC(=S)NCCCOC2CCCCC2)cc1.